The molecule has 1 saturated carbocycles. The highest BCUT2D eigenvalue weighted by Crippen LogP contribution is 2.43. The molecule has 1 aliphatic rings. The number of hydrogen-bond acceptors (Lipinski definition) is 6. The molecule has 0 amide bonds. The van der Waals surface area contributed by atoms with Crippen LogP contribution in [0.2, 0.25) is 0 Å². The van der Waals surface area contributed by atoms with E-state index < -0.39 is 34.8 Å². The van der Waals surface area contributed by atoms with Crippen LogP contribution in [0.1, 0.15) is 30.1 Å². The molecule has 2 N–H and O–H groups in total. The highest BCUT2D eigenvalue weighted by atomic mass is 19.4. The van der Waals surface area contributed by atoms with Crippen molar-refractivity contribution in [2.75, 3.05) is 0 Å². The van der Waals surface area contributed by atoms with Crippen LogP contribution in [-0.2, 0) is 6.18 Å². The number of aromatic nitrogens is 5. The van der Waals surface area contributed by atoms with Gasteiger partial charge in [0.1, 0.15) is 5.56 Å². The van der Waals surface area contributed by atoms with Gasteiger partial charge in [0, 0.05) is 12.1 Å². The number of pyridine rings is 1. The largest absolute Gasteiger partial charge is 0.493 e. The van der Waals surface area contributed by atoms with Gasteiger partial charge in [-0.2, -0.15) is 27.7 Å². The Bertz CT molecular complexity index is 949. The Hall–Kier alpha value is -2.91. The van der Waals surface area contributed by atoms with Crippen LogP contribution >= 0.6 is 0 Å². The SMILES string of the molecule is Oc1nc2nc(C3CC3)nn2c(O)c1-c1ncccc1C(F)(F)F. The average molecular weight is 337 g/mol. The molecule has 1 fully saturated rings. The van der Waals surface area contributed by atoms with E-state index in [0.29, 0.717) is 5.82 Å². The van der Waals surface area contributed by atoms with Gasteiger partial charge in [-0.15, -0.1) is 5.10 Å². The molecule has 0 atom stereocenters. The van der Waals surface area contributed by atoms with Gasteiger partial charge in [-0.3, -0.25) is 4.98 Å². The Morgan fingerprint density at radius 3 is 2.58 bits per heavy atom. The van der Waals surface area contributed by atoms with Crippen LogP contribution in [0.5, 0.6) is 11.8 Å². The predicted molar refractivity (Wildman–Crippen MR) is 74.3 cm³/mol. The molecule has 0 spiro atoms. The second-order valence-electron chi connectivity index (χ2n) is 5.49. The normalized spacial score (nSPS) is 15.1. The van der Waals surface area contributed by atoms with Gasteiger partial charge in [0.25, 0.3) is 5.78 Å². The summed E-state index contributed by atoms with van der Waals surface area (Å²) < 4.78 is 40.4. The van der Waals surface area contributed by atoms with Gasteiger partial charge in [-0.05, 0) is 25.0 Å². The summed E-state index contributed by atoms with van der Waals surface area (Å²) in [5.41, 5.74) is -2.26. The Balaban J connectivity index is 1.97. The van der Waals surface area contributed by atoms with Gasteiger partial charge in [0.2, 0.25) is 11.8 Å². The van der Waals surface area contributed by atoms with Gasteiger partial charge in [-0.25, -0.2) is 0 Å². The lowest BCUT2D eigenvalue weighted by Crippen LogP contribution is -2.09. The molecule has 0 saturated heterocycles. The van der Waals surface area contributed by atoms with Crippen molar-refractivity contribution in [3.63, 3.8) is 0 Å². The van der Waals surface area contributed by atoms with Crippen molar-refractivity contribution in [2.24, 2.45) is 0 Å². The number of rotatable bonds is 2. The van der Waals surface area contributed by atoms with Gasteiger partial charge >= 0.3 is 6.18 Å². The van der Waals surface area contributed by atoms with Crippen molar-refractivity contribution < 1.29 is 23.4 Å². The van der Waals surface area contributed by atoms with E-state index in [9.17, 15) is 23.4 Å². The summed E-state index contributed by atoms with van der Waals surface area (Å²) >= 11 is 0. The predicted octanol–water partition coefficient (Wildman–Crippen LogP) is 2.49. The number of aromatic hydroxyl groups is 2. The van der Waals surface area contributed by atoms with Crippen LogP contribution in [0.4, 0.5) is 13.2 Å². The van der Waals surface area contributed by atoms with E-state index >= 15 is 0 Å². The van der Waals surface area contributed by atoms with Crippen LogP contribution in [0, 0.1) is 0 Å². The van der Waals surface area contributed by atoms with E-state index in [-0.39, 0.29) is 11.7 Å². The Kier molecular flexibility index (Phi) is 2.93. The topological polar surface area (TPSA) is 96.4 Å². The van der Waals surface area contributed by atoms with E-state index in [0.717, 1.165) is 35.7 Å². The van der Waals surface area contributed by atoms with E-state index in [1.54, 1.807) is 0 Å². The molecule has 0 unspecified atom stereocenters. The zero-order valence-corrected chi connectivity index (χ0v) is 12.0. The standard InChI is InChI=1S/C14H10F3N5O2/c15-14(16,17)7-2-1-5-18-9(7)8-11(23)20-13-19-10(6-3-4-6)21-22(13)12(8)24/h1-2,5-6,24H,3-4H2,(H,19,20,21,23). The monoisotopic (exact) mass is 337 g/mol. The summed E-state index contributed by atoms with van der Waals surface area (Å²) in [6.07, 6.45) is -1.78. The van der Waals surface area contributed by atoms with E-state index in [4.69, 9.17) is 0 Å². The van der Waals surface area contributed by atoms with E-state index in [1.165, 1.54) is 0 Å². The number of fused-ring (bicyclic) bond motifs is 1. The minimum Gasteiger partial charge on any atom is -0.493 e. The molecule has 0 aliphatic heterocycles. The average Bonchev–Trinajstić information content (AvgIpc) is 3.27. The fraction of sp³-hybridized carbons (Fsp3) is 0.286. The summed E-state index contributed by atoms with van der Waals surface area (Å²) in [6, 6.07) is 1.93. The fourth-order valence-electron chi connectivity index (χ4n) is 2.45. The minimum atomic E-state index is -4.71. The molecule has 3 aromatic heterocycles. The molecule has 0 aromatic carbocycles. The molecule has 10 heteroatoms. The zero-order valence-electron chi connectivity index (χ0n) is 12.0. The lowest BCUT2D eigenvalue weighted by atomic mass is 10.1. The summed E-state index contributed by atoms with van der Waals surface area (Å²) in [4.78, 5) is 11.5. The van der Waals surface area contributed by atoms with Crippen LogP contribution in [0.25, 0.3) is 17.0 Å². The summed E-state index contributed by atoms with van der Waals surface area (Å²) in [5, 5.41) is 24.4. The lowest BCUT2D eigenvalue weighted by Gasteiger charge is -2.13. The van der Waals surface area contributed by atoms with Crippen LogP contribution in [-0.4, -0.2) is 34.8 Å². The summed E-state index contributed by atoms with van der Waals surface area (Å²) in [5.74, 6) is -0.983. The van der Waals surface area contributed by atoms with Crippen LogP contribution in [0.3, 0.4) is 0 Å². The number of halogens is 3. The van der Waals surface area contributed by atoms with Crippen LogP contribution < -0.4 is 0 Å². The molecule has 3 aromatic rings. The third-order valence-corrected chi connectivity index (χ3v) is 3.75. The van der Waals surface area contributed by atoms with Crippen molar-refractivity contribution in [2.45, 2.75) is 24.9 Å². The van der Waals surface area contributed by atoms with Crippen molar-refractivity contribution in [3.05, 3.63) is 29.7 Å². The third kappa shape index (κ3) is 2.22. The zero-order chi connectivity index (χ0) is 17.1. The molecule has 24 heavy (non-hydrogen) atoms. The second kappa shape index (κ2) is 4.79. The maximum Gasteiger partial charge on any atom is 0.418 e. The molecular formula is C14H10F3N5O2. The first-order chi connectivity index (χ1) is 11.4. The number of hydrogen-bond donors (Lipinski definition) is 2. The highest BCUT2D eigenvalue weighted by molar-refractivity contribution is 5.74. The molecule has 1 aliphatic carbocycles. The third-order valence-electron chi connectivity index (χ3n) is 3.75. The Morgan fingerprint density at radius 2 is 1.92 bits per heavy atom. The molecule has 124 valence electrons. The Labute approximate surface area is 132 Å². The van der Waals surface area contributed by atoms with E-state index in [1.807, 2.05) is 0 Å². The molecule has 0 bridgehead atoms. The van der Waals surface area contributed by atoms with Gasteiger partial charge in [0.15, 0.2) is 5.82 Å². The first kappa shape index (κ1) is 14.7. The highest BCUT2D eigenvalue weighted by Gasteiger charge is 2.37. The minimum absolute atomic E-state index is 0.0832. The maximum atomic E-state index is 13.2. The first-order valence-electron chi connectivity index (χ1n) is 7.07. The molecule has 0 radical (unpaired) electrons. The Morgan fingerprint density at radius 1 is 1.17 bits per heavy atom. The maximum absolute atomic E-state index is 13.2. The molecule has 3 heterocycles. The van der Waals surface area contributed by atoms with Crippen LogP contribution in [0.15, 0.2) is 18.3 Å². The summed E-state index contributed by atoms with van der Waals surface area (Å²) in [7, 11) is 0. The number of alkyl halides is 3. The number of nitrogens with zero attached hydrogens (tertiary/aromatic N) is 5. The van der Waals surface area contributed by atoms with Gasteiger partial charge in [-0.1, -0.05) is 0 Å². The quantitative estimate of drug-likeness (QED) is 0.746. The molecular weight excluding hydrogens is 327 g/mol. The molecule has 4 rings (SSSR count). The smallest absolute Gasteiger partial charge is 0.418 e. The van der Waals surface area contributed by atoms with Gasteiger partial charge < -0.3 is 10.2 Å². The molecule has 7 nitrogen and oxygen atoms in total. The van der Waals surface area contributed by atoms with Crippen molar-refractivity contribution in [1.82, 2.24) is 24.6 Å². The van der Waals surface area contributed by atoms with Crippen molar-refractivity contribution in [3.8, 4) is 23.0 Å². The second-order valence-corrected chi connectivity index (χ2v) is 5.49. The lowest BCUT2D eigenvalue weighted by molar-refractivity contribution is -0.137. The van der Waals surface area contributed by atoms with Crippen molar-refractivity contribution in [1.29, 1.82) is 0 Å². The van der Waals surface area contributed by atoms with Crippen molar-refractivity contribution >= 4 is 5.78 Å². The summed E-state index contributed by atoms with van der Waals surface area (Å²) in [6.45, 7) is 0. The van der Waals surface area contributed by atoms with Gasteiger partial charge in [0.05, 0.1) is 11.3 Å². The van der Waals surface area contributed by atoms with E-state index in [2.05, 4.69) is 20.1 Å². The first-order valence-corrected chi connectivity index (χ1v) is 7.07. The fourth-order valence-corrected chi connectivity index (χ4v) is 2.45.